The molecule has 4 aromatic rings. The van der Waals surface area contributed by atoms with Crippen LogP contribution in [0.1, 0.15) is 15.2 Å². The van der Waals surface area contributed by atoms with Gasteiger partial charge < -0.3 is 24.3 Å². The average molecular weight is 609 g/mol. The van der Waals surface area contributed by atoms with E-state index in [-0.39, 0.29) is 11.5 Å². The van der Waals surface area contributed by atoms with Crippen molar-refractivity contribution in [2.75, 3.05) is 69.4 Å². The Labute approximate surface area is 253 Å². The van der Waals surface area contributed by atoms with Crippen molar-refractivity contribution in [3.8, 4) is 11.3 Å². The Kier molecular flexibility index (Phi) is 9.01. The highest BCUT2D eigenvalue weighted by Crippen LogP contribution is 2.25. The number of benzene rings is 1. The van der Waals surface area contributed by atoms with E-state index in [0.29, 0.717) is 66.5 Å². The largest absolute Gasteiger partial charge is 0.379 e. The molecule has 1 N–H and O–H groups in total. The standard InChI is InChI=1S/C30H33ClN6O4S/c31-27-8-7-24(42-27)21-32-28-20-26(25-2-1-9-36(30(25)39)11-10-34-12-16-40-17-13-34)33-37(28)29(38)22-3-5-23(6-4-22)35-14-18-41-19-15-35/h1-9,20,32H,10-19,21H2. The van der Waals surface area contributed by atoms with Gasteiger partial charge in [-0.15, -0.1) is 11.3 Å². The third-order valence-electron chi connectivity index (χ3n) is 7.52. The summed E-state index contributed by atoms with van der Waals surface area (Å²) < 4.78 is 14.6. The summed E-state index contributed by atoms with van der Waals surface area (Å²) in [6.07, 6.45) is 1.80. The number of hydrogen-bond donors (Lipinski definition) is 1. The molecular formula is C30H33ClN6O4S. The van der Waals surface area contributed by atoms with Crippen LogP contribution in [0.2, 0.25) is 4.34 Å². The number of morpholine rings is 2. The lowest BCUT2D eigenvalue weighted by atomic mass is 10.1. The predicted molar refractivity (Wildman–Crippen MR) is 165 cm³/mol. The van der Waals surface area contributed by atoms with Crippen LogP contribution in [0.25, 0.3) is 11.3 Å². The number of halogens is 1. The molecule has 5 heterocycles. The monoisotopic (exact) mass is 608 g/mol. The van der Waals surface area contributed by atoms with Crippen molar-refractivity contribution in [2.45, 2.75) is 13.1 Å². The molecule has 0 unspecified atom stereocenters. The van der Waals surface area contributed by atoms with E-state index < -0.39 is 0 Å². The van der Waals surface area contributed by atoms with Gasteiger partial charge in [-0.2, -0.15) is 9.78 Å². The zero-order chi connectivity index (χ0) is 28.9. The minimum atomic E-state index is -0.287. The number of ether oxygens (including phenoxy) is 2. The molecule has 3 aromatic heterocycles. The van der Waals surface area contributed by atoms with Crippen molar-refractivity contribution in [1.29, 1.82) is 0 Å². The van der Waals surface area contributed by atoms with Crippen molar-refractivity contribution in [2.24, 2.45) is 0 Å². The van der Waals surface area contributed by atoms with Gasteiger partial charge in [0.15, 0.2) is 0 Å². The predicted octanol–water partition coefficient (Wildman–Crippen LogP) is 3.90. The smallest absolute Gasteiger partial charge is 0.280 e. The van der Waals surface area contributed by atoms with Gasteiger partial charge in [0.2, 0.25) is 0 Å². The first-order chi connectivity index (χ1) is 20.5. The SMILES string of the molecule is O=C(c1ccc(N2CCOCC2)cc1)n1nc(-c2cccn(CCN3CCOCC3)c2=O)cc1NCc1ccc(Cl)s1. The van der Waals surface area contributed by atoms with Gasteiger partial charge in [0.05, 0.1) is 42.9 Å². The number of hydrogen-bond acceptors (Lipinski definition) is 9. The fourth-order valence-corrected chi connectivity index (χ4v) is 6.19. The maximum Gasteiger partial charge on any atom is 0.280 e. The molecule has 0 aliphatic carbocycles. The lowest BCUT2D eigenvalue weighted by molar-refractivity contribution is 0.0363. The first kappa shape index (κ1) is 28.6. The van der Waals surface area contributed by atoms with E-state index in [9.17, 15) is 9.59 Å². The fourth-order valence-electron chi connectivity index (χ4n) is 5.16. The van der Waals surface area contributed by atoms with Crippen LogP contribution in [0, 0.1) is 0 Å². The molecule has 0 spiro atoms. The van der Waals surface area contributed by atoms with Crippen molar-refractivity contribution in [3.63, 3.8) is 0 Å². The Morgan fingerprint density at radius 2 is 1.69 bits per heavy atom. The molecule has 2 aliphatic rings. The van der Waals surface area contributed by atoms with E-state index in [4.69, 9.17) is 21.1 Å². The highest BCUT2D eigenvalue weighted by atomic mass is 35.5. The molecule has 6 rings (SSSR count). The molecule has 10 nitrogen and oxygen atoms in total. The minimum absolute atomic E-state index is 0.144. The molecule has 2 saturated heterocycles. The molecule has 0 bridgehead atoms. The maximum absolute atomic E-state index is 13.8. The van der Waals surface area contributed by atoms with Gasteiger partial charge in [-0.3, -0.25) is 14.5 Å². The van der Waals surface area contributed by atoms with Gasteiger partial charge in [0.25, 0.3) is 11.5 Å². The summed E-state index contributed by atoms with van der Waals surface area (Å²) in [5, 5.41) is 7.98. The lowest BCUT2D eigenvalue weighted by Crippen LogP contribution is -2.39. The highest BCUT2D eigenvalue weighted by molar-refractivity contribution is 7.16. The number of nitrogens with zero attached hydrogens (tertiary/aromatic N) is 5. The number of carbonyl (C=O) groups excluding carboxylic acids is 1. The Balaban J connectivity index is 1.27. The fraction of sp³-hybridized carbons (Fsp3) is 0.367. The topological polar surface area (TPSA) is 93.9 Å². The number of anilines is 2. The number of carbonyl (C=O) groups is 1. The Morgan fingerprint density at radius 3 is 2.40 bits per heavy atom. The van der Waals surface area contributed by atoms with Crippen molar-refractivity contribution < 1.29 is 14.3 Å². The van der Waals surface area contributed by atoms with Crippen molar-refractivity contribution >= 4 is 40.4 Å². The van der Waals surface area contributed by atoms with Crippen LogP contribution in [-0.4, -0.2) is 84.3 Å². The Hall–Kier alpha value is -3.48. The van der Waals surface area contributed by atoms with Crippen LogP contribution in [0.5, 0.6) is 0 Å². The second-order valence-corrected chi connectivity index (χ2v) is 12.0. The number of aromatic nitrogens is 3. The molecule has 0 radical (unpaired) electrons. The summed E-state index contributed by atoms with van der Waals surface area (Å²) in [7, 11) is 0. The van der Waals surface area contributed by atoms with Crippen LogP contribution < -0.4 is 15.8 Å². The van der Waals surface area contributed by atoms with Crippen LogP contribution in [0.15, 0.2) is 65.6 Å². The Bertz CT molecular complexity index is 1570. The van der Waals surface area contributed by atoms with E-state index in [1.807, 2.05) is 42.5 Å². The van der Waals surface area contributed by atoms with Gasteiger partial charge in [-0.05, 0) is 48.5 Å². The first-order valence-electron chi connectivity index (χ1n) is 14.1. The van der Waals surface area contributed by atoms with Gasteiger partial charge in [-0.1, -0.05) is 11.6 Å². The number of thiophene rings is 1. The Morgan fingerprint density at radius 1 is 0.952 bits per heavy atom. The molecule has 0 amide bonds. The third kappa shape index (κ3) is 6.61. The third-order valence-corrected chi connectivity index (χ3v) is 8.75. The summed E-state index contributed by atoms with van der Waals surface area (Å²) >= 11 is 7.59. The summed E-state index contributed by atoms with van der Waals surface area (Å²) in [5.41, 5.74) is 2.28. The zero-order valence-corrected chi connectivity index (χ0v) is 24.8. The molecule has 42 heavy (non-hydrogen) atoms. The van der Waals surface area contributed by atoms with E-state index in [1.54, 1.807) is 22.9 Å². The summed E-state index contributed by atoms with van der Waals surface area (Å²) in [6.45, 7) is 7.94. The second-order valence-electron chi connectivity index (χ2n) is 10.2. The first-order valence-corrected chi connectivity index (χ1v) is 15.3. The van der Waals surface area contributed by atoms with E-state index in [0.717, 1.165) is 43.3 Å². The molecule has 0 atom stereocenters. The number of rotatable bonds is 9. The minimum Gasteiger partial charge on any atom is -0.379 e. The van der Waals surface area contributed by atoms with Crippen LogP contribution in [0.4, 0.5) is 11.5 Å². The van der Waals surface area contributed by atoms with Gasteiger partial charge in [0, 0.05) is 67.7 Å². The van der Waals surface area contributed by atoms with E-state index >= 15 is 0 Å². The van der Waals surface area contributed by atoms with Crippen molar-refractivity contribution in [3.05, 3.63) is 85.9 Å². The summed E-state index contributed by atoms with van der Waals surface area (Å²) in [4.78, 5) is 32.8. The molecule has 220 valence electrons. The average Bonchev–Trinajstić information content (AvgIpc) is 3.66. The van der Waals surface area contributed by atoms with Crippen molar-refractivity contribution in [1.82, 2.24) is 19.2 Å². The van der Waals surface area contributed by atoms with Crippen LogP contribution in [-0.2, 0) is 22.6 Å². The molecule has 0 saturated carbocycles. The molecule has 12 heteroatoms. The lowest BCUT2D eigenvalue weighted by Gasteiger charge is -2.28. The van der Waals surface area contributed by atoms with Crippen LogP contribution in [0.3, 0.4) is 0 Å². The van der Waals surface area contributed by atoms with Crippen LogP contribution >= 0.6 is 22.9 Å². The molecular weight excluding hydrogens is 576 g/mol. The number of pyridine rings is 1. The normalized spacial score (nSPS) is 16.1. The second kappa shape index (κ2) is 13.2. The molecule has 2 fully saturated rings. The van der Waals surface area contributed by atoms with E-state index in [1.165, 1.54) is 16.0 Å². The quantitative estimate of drug-likeness (QED) is 0.306. The van der Waals surface area contributed by atoms with E-state index in [2.05, 4.69) is 20.2 Å². The summed E-state index contributed by atoms with van der Waals surface area (Å²) in [6, 6.07) is 16.7. The molecule has 1 aromatic carbocycles. The van der Waals surface area contributed by atoms with Gasteiger partial charge >= 0.3 is 0 Å². The van der Waals surface area contributed by atoms with Gasteiger partial charge in [-0.25, -0.2) is 0 Å². The molecule has 2 aliphatic heterocycles. The van der Waals surface area contributed by atoms with Gasteiger partial charge in [0.1, 0.15) is 11.5 Å². The zero-order valence-electron chi connectivity index (χ0n) is 23.2. The number of nitrogens with one attached hydrogen (secondary N) is 1. The maximum atomic E-state index is 13.8. The highest BCUT2D eigenvalue weighted by Gasteiger charge is 2.20. The summed E-state index contributed by atoms with van der Waals surface area (Å²) in [5.74, 6) is 0.213.